The van der Waals surface area contributed by atoms with Gasteiger partial charge in [0.1, 0.15) is 29.5 Å². The molecule has 0 aromatic rings. The van der Waals surface area contributed by atoms with Crippen molar-refractivity contribution in [1.29, 1.82) is 0 Å². The van der Waals surface area contributed by atoms with E-state index in [1.54, 1.807) is 48.5 Å². The Kier molecular flexibility index (Phi) is 17.6. The molecule has 0 aromatic heterocycles. The molecule has 3 heterocycles. The van der Waals surface area contributed by atoms with Crippen molar-refractivity contribution in [2.75, 3.05) is 41.8 Å². The molecule has 0 radical (unpaired) electrons. The molecule has 3 aliphatic heterocycles. The van der Waals surface area contributed by atoms with Gasteiger partial charge in [-0.25, -0.2) is 10.2 Å². The molecule has 18 atom stereocenters. The van der Waals surface area contributed by atoms with E-state index >= 15 is 0 Å². The van der Waals surface area contributed by atoms with Crippen LogP contribution in [0, 0.1) is 17.8 Å². The molecule has 57 heavy (non-hydrogen) atoms. The topological polar surface area (TPSA) is 210 Å². The highest BCUT2D eigenvalue weighted by Crippen LogP contribution is 2.41. The molecule has 334 valence electrons. The van der Waals surface area contributed by atoms with Crippen LogP contribution >= 0.6 is 0 Å². The Morgan fingerprint density at radius 1 is 1.00 bits per heavy atom. The summed E-state index contributed by atoms with van der Waals surface area (Å²) < 4.78 is 43.8. The number of methoxy groups -OCH3 is 1. The molecule has 0 aromatic carbocycles. The highest BCUT2D eigenvalue weighted by atomic mass is 16.7. The zero-order valence-electron chi connectivity index (χ0n) is 37.1. The fourth-order valence-electron chi connectivity index (χ4n) is 9.19. The summed E-state index contributed by atoms with van der Waals surface area (Å²) in [6, 6.07) is -0.853. The summed E-state index contributed by atoms with van der Waals surface area (Å²) in [6.07, 6.45) is -9.32. The molecule has 1 amide bonds. The van der Waals surface area contributed by atoms with Gasteiger partial charge in [-0.2, -0.15) is 0 Å². The third kappa shape index (κ3) is 11.8. The van der Waals surface area contributed by atoms with E-state index in [9.17, 15) is 30.0 Å². The van der Waals surface area contributed by atoms with Gasteiger partial charge >= 0.3 is 12.1 Å². The van der Waals surface area contributed by atoms with Crippen molar-refractivity contribution in [1.82, 2.24) is 20.7 Å². The van der Waals surface area contributed by atoms with Crippen LogP contribution in [0.4, 0.5) is 4.79 Å². The summed E-state index contributed by atoms with van der Waals surface area (Å²) in [5, 5.41) is 47.5. The van der Waals surface area contributed by atoms with Gasteiger partial charge in [0.25, 0.3) is 0 Å². The molecule has 6 N–H and O–H groups in total. The fourth-order valence-corrected chi connectivity index (χ4v) is 9.19. The van der Waals surface area contributed by atoms with Gasteiger partial charge < -0.3 is 63.4 Å². The maximum absolute atomic E-state index is 14.4. The molecular formula is C40H76N4O13. The van der Waals surface area contributed by atoms with Gasteiger partial charge in [-0.1, -0.05) is 20.8 Å². The van der Waals surface area contributed by atoms with E-state index < -0.39 is 102 Å². The van der Waals surface area contributed by atoms with Gasteiger partial charge in [-0.15, -0.1) is 0 Å². The fraction of sp³-hybridized carbons (Fsp3) is 0.950. The molecule has 0 saturated carbocycles. The van der Waals surface area contributed by atoms with Crippen molar-refractivity contribution in [2.24, 2.45) is 17.8 Å². The Balaban J connectivity index is 2.17. The van der Waals surface area contributed by atoms with Crippen LogP contribution in [0.1, 0.15) is 94.9 Å². The van der Waals surface area contributed by atoms with E-state index in [4.69, 9.17) is 33.2 Å². The quantitative estimate of drug-likeness (QED) is 0.145. The third-order valence-electron chi connectivity index (χ3n) is 12.6. The molecule has 0 unspecified atom stereocenters. The van der Waals surface area contributed by atoms with Crippen LogP contribution in [0.3, 0.4) is 0 Å². The highest BCUT2D eigenvalue weighted by Gasteiger charge is 2.53. The average molecular weight is 821 g/mol. The number of carbonyl (C=O) groups is 2. The van der Waals surface area contributed by atoms with Crippen LogP contribution < -0.4 is 10.9 Å². The largest absolute Gasteiger partial charge is 0.459 e. The monoisotopic (exact) mass is 821 g/mol. The van der Waals surface area contributed by atoms with Crippen LogP contribution in [0.5, 0.6) is 0 Å². The molecule has 3 fully saturated rings. The molecular weight excluding hydrogens is 744 g/mol. The van der Waals surface area contributed by atoms with Crippen LogP contribution in [-0.2, 0) is 38.0 Å². The minimum atomic E-state index is -1.83. The lowest BCUT2D eigenvalue weighted by atomic mass is 9.77. The lowest BCUT2D eigenvalue weighted by Crippen LogP contribution is -2.61. The molecule has 0 aliphatic carbocycles. The van der Waals surface area contributed by atoms with E-state index in [-0.39, 0.29) is 37.3 Å². The van der Waals surface area contributed by atoms with Gasteiger partial charge in [0.2, 0.25) is 0 Å². The van der Waals surface area contributed by atoms with Crippen molar-refractivity contribution < 1.29 is 63.2 Å². The van der Waals surface area contributed by atoms with Crippen molar-refractivity contribution in [3.05, 3.63) is 0 Å². The molecule has 0 bridgehead atoms. The zero-order chi connectivity index (χ0) is 43.4. The Labute approximate surface area is 340 Å². The van der Waals surface area contributed by atoms with Gasteiger partial charge in [-0.3, -0.25) is 10.2 Å². The number of cyclic esters (lactones) is 1. The number of ether oxygens (including phenoxy) is 7. The SMILES string of the molecule is CC[C@H]1OC(=O)[C@H](C)[C@@H](O[C@H]2C[C@@](C)(OC)[C@@H](OC(=O)NNC)[C@H](C)O2)[C@H](C)[C@@H](O[C@@H]2O[C@H](C)C[C@H](N(C)C)[C@H]2O)[C@](C)(O)C[C@@H](C)CN(C)[C@H](C)[C@@H](O)[C@]1(C)O. The standard InChI is InChI=1S/C40H76N4O13/c1-16-28-40(10,50)32(46)25(6)44(14)20-21(2)18-38(8,49)33(56-36-30(45)27(43(12)13)17-22(3)52-36)23(4)31(24(5)35(47)54-28)55-29-19-39(9,51-15)34(26(7)53-29)57-37(48)42-41-11/h21-34,36,41,45-46,49-50H,16-20H2,1-15H3,(H,42,48)/t21-,22-,23+,24-,25-,26+,27+,28-,29+,30-,31+,32-,33-,34+,36+,38-,39-,40-/m1/s1. The first-order valence-electron chi connectivity index (χ1n) is 20.5. The molecule has 17 nitrogen and oxygen atoms in total. The zero-order valence-corrected chi connectivity index (χ0v) is 37.1. The predicted molar refractivity (Wildman–Crippen MR) is 211 cm³/mol. The Morgan fingerprint density at radius 2 is 1.63 bits per heavy atom. The van der Waals surface area contributed by atoms with E-state index in [1.807, 2.05) is 44.8 Å². The molecule has 17 heteroatoms. The Hall–Kier alpha value is -1.74. The van der Waals surface area contributed by atoms with Gasteiger partial charge in [0, 0.05) is 45.1 Å². The van der Waals surface area contributed by atoms with Crippen molar-refractivity contribution >= 4 is 12.1 Å². The number of hydrogen-bond donors (Lipinski definition) is 6. The summed E-state index contributed by atoms with van der Waals surface area (Å²) in [5.74, 6) is -2.73. The van der Waals surface area contributed by atoms with Crippen molar-refractivity contribution in [2.45, 2.75) is 185 Å². The van der Waals surface area contributed by atoms with E-state index in [0.717, 1.165) is 0 Å². The average Bonchev–Trinajstić information content (AvgIpc) is 3.12. The summed E-state index contributed by atoms with van der Waals surface area (Å²) in [6.45, 7) is 17.9. The Morgan fingerprint density at radius 3 is 2.19 bits per heavy atom. The first-order valence-corrected chi connectivity index (χ1v) is 20.5. The van der Waals surface area contributed by atoms with Crippen LogP contribution in [0.15, 0.2) is 0 Å². The summed E-state index contributed by atoms with van der Waals surface area (Å²) >= 11 is 0. The lowest BCUT2D eigenvalue weighted by Gasteiger charge is -2.49. The van der Waals surface area contributed by atoms with Gasteiger partial charge in [-0.05, 0) is 94.8 Å². The maximum atomic E-state index is 14.4. The molecule has 0 spiro atoms. The number of esters is 1. The lowest BCUT2D eigenvalue weighted by molar-refractivity contribution is -0.317. The normalized spacial score (nSPS) is 46.1. The minimum absolute atomic E-state index is 0.0739. The minimum Gasteiger partial charge on any atom is -0.459 e. The second-order valence-corrected chi connectivity index (χ2v) is 17.9. The number of likely N-dealkylation sites (N-methyl/N-ethyl adjacent to an activating group) is 2. The Bertz CT molecular complexity index is 1290. The number of aliphatic hydroxyl groups is 4. The number of carbonyl (C=O) groups excluding carboxylic acids is 2. The number of nitrogens with one attached hydrogen (secondary N) is 2. The number of amides is 1. The van der Waals surface area contributed by atoms with Crippen LogP contribution in [0.2, 0.25) is 0 Å². The smallest absolute Gasteiger partial charge is 0.422 e. The molecule has 3 aliphatic rings. The van der Waals surface area contributed by atoms with Crippen molar-refractivity contribution in [3.8, 4) is 0 Å². The summed E-state index contributed by atoms with van der Waals surface area (Å²) in [7, 11) is 8.62. The van der Waals surface area contributed by atoms with Gasteiger partial charge in [0.15, 0.2) is 18.7 Å². The second kappa shape index (κ2) is 20.2. The highest BCUT2D eigenvalue weighted by molar-refractivity contribution is 5.73. The predicted octanol–water partition coefficient (Wildman–Crippen LogP) is 1.77. The number of aliphatic hydroxyl groups excluding tert-OH is 2. The molecule has 3 saturated heterocycles. The molecule has 3 rings (SSSR count). The van der Waals surface area contributed by atoms with Gasteiger partial charge in [0.05, 0.1) is 35.9 Å². The number of nitrogens with zero attached hydrogens (tertiary/aromatic N) is 2. The summed E-state index contributed by atoms with van der Waals surface area (Å²) in [5.41, 5.74) is 0.413. The first-order chi connectivity index (χ1) is 26.3. The maximum Gasteiger partial charge on any atom is 0.422 e. The van der Waals surface area contributed by atoms with E-state index in [0.29, 0.717) is 13.0 Å². The number of hydrogen-bond acceptors (Lipinski definition) is 16. The third-order valence-corrected chi connectivity index (χ3v) is 12.6. The second-order valence-electron chi connectivity index (χ2n) is 17.9. The number of hydrazine groups is 1. The van der Waals surface area contributed by atoms with Crippen molar-refractivity contribution in [3.63, 3.8) is 0 Å². The number of rotatable bonds is 9. The van der Waals surface area contributed by atoms with Crippen LogP contribution in [0.25, 0.3) is 0 Å². The van der Waals surface area contributed by atoms with E-state index in [1.165, 1.54) is 21.1 Å². The van der Waals surface area contributed by atoms with Crippen LogP contribution in [-0.4, -0.2) is 174 Å². The van der Waals surface area contributed by atoms with E-state index in [2.05, 4.69) is 10.9 Å². The first kappa shape index (κ1) is 49.6. The summed E-state index contributed by atoms with van der Waals surface area (Å²) in [4.78, 5) is 30.7.